The van der Waals surface area contributed by atoms with Gasteiger partial charge in [0, 0.05) is 0 Å². The fraction of sp³-hybridized carbons (Fsp3) is 0.467. The third-order valence-electron chi connectivity index (χ3n) is 3.03. The van der Waals surface area contributed by atoms with Crippen LogP contribution in [-0.2, 0) is 14.3 Å². The zero-order chi connectivity index (χ0) is 15.1. The number of aryl methyl sites for hydroxylation is 1. The molecule has 2 atom stereocenters. The summed E-state index contributed by atoms with van der Waals surface area (Å²) in [4.78, 5) is 23.4. The first kappa shape index (κ1) is 16.2. The van der Waals surface area contributed by atoms with E-state index in [1.807, 2.05) is 38.1 Å². The van der Waals surface area contributed by atoms with E-state index in [0.29, 0.717) is 6.42 Å². The first-order chi connectivity index (χ1) is 9.49. The van der Waals surface area contributed by atoms with Crippen LogP contribution in [0.25, 0.3) is 0 Å². The predicted octanol–water partition coefficient (Wildman–Crippen LogP) is 1.45. The predicted molar refractivity (Wildman–Crippen MR) is 77.0 cm³/mol. The van der Waals surface area contributed by atoms with Gasteiger partial charge in [0.05, 0.1) is 12.6 Å². The minimum Gasteiger partial charge on any atom is -0.464 e. The monoisotopic (exact) mass is 278 g/mol. The summed E-state index contributed by atoms with van der Waals surface area (Å²) in [5.74, 6) is -1.22. The van der Waals surface area contributed by atoms with Crippen molar-refractivity contribution >= 4 is 11.9 Å². The molecule has 0 fully saturated rings. The van der Waals surface area contributed by atoms with E-state index in [0.717, 1.165) is 11.1 Å². The highest BCUT2D eigenvalue weighted by molar-refractivity contribution is 6.01. The Morgan fingerprint density at radius 1 is 1.25 bits per heavy atom. The second-order valence-corrected chi connectivity index (χ2v) is 4.61. The van der Waals surface area contributed by atoms with Crippen LogP contribution in [0.5, 0.6) is 0 Å². The van der Waals surface area contributed by atoms with E-state index in [-0.39, 0.29) is 12.6 Å². The van der Waals surface area contributed by atoms with Crippen LogP contribution in [0.1, 0.15) is 37.4 Å². The van der Waals surface area contributed by atoms with Gasteiger partial charge in [0.1, 0.15) is 0 Å². The highest BCUT2D eigenvalue weighted by atomic mass is 16.5. The summed E-state index contributed by atoms with van der Waals surface area (Å²) in [5, 5.41) is 2.78. The quantitative estimate of drug-likeness (QED) is 0.609. The van der Waals surface area contributed by atoms with E-state index in [1.165, 1.54) is 0 Å². The maximum Gasteiger partial charge on any atom is 0.332 e. The Balaban J connectivity index is 2.70. The number of carbonyl (C=O) groups excluding carboxylic acids is 2. The van der Waals surface area contributed by atoms with E-state index < -0.39 is 17.9 Å². The van der Waals surface area contributed by atoms with Crippen LogP contribution >= 0.6 is 0 Å². The Morgan fingerprint density at radius 2 is 1.85 bits per heavy atom. The highest BCUT2D eigenvalue weighted by Gasteiger charge is 2.25. The van der Waals surface area contributed by atoms with E-state index >= 15 is 0 Å². The van der Waals surface area contributed by atoms with E-state index in [1.54, 1.807) is 6.92 Å². The molecule has 0 saturated carbocycles. The van der Waals surface area contributed by atoms with Crippen molar-refractivity contribution in [3.05, 3.63) is 35.4 Å². The molecule has 1 aromatic rings. The van der Waals surface area contributed by atoms with Crippen molar-refractivity contribution in [1.29, 1.82) is 0 Å². The SMILES string of the molecule is CCOC(=O)C(N)C(=O)NC(CC)c1ccc(C)cc1. The maximum atomic E-state index is 11.9. The summed E-state index contributed by atoms with van der Waals surface area (Å²) in [6, 6.07) is 6.43. The highest BCUT2D eigenvalue weighted by Crippen LogP contribution is 2.17. The summed E-state index contributed by atoms with van der Waals surface area (Å²) >= 11 is 0. The van der Waals surface area contributed by atoms with Crippen LogP contribution in [0.4, 0.5) is 0 Å². The van der Waals surface area contributed by atoms with Gasteiger partial charge < -0.3 is 15.8 Å². The fourth-order valence-corrected chi connectivity index (χ4v) is 1.82. The lowest BCUT2D eigenvalue weighted by molar-refractivity contribution is -0.148. The molecule has 0 aliphatic carbocycles. The molecule has 20 heavy (non-hydrogen) atoms. The van der Waals surface area contributed by atoms with Gasteiger partial charge in [0.15, 0.2) is 6.04 Å². The number of hydrogen-bond acceptors (Lipinski definition) is 4. The average Bonchev–Trinajstić information content (AvgIpc) is 2.45. The van der Waals surface area contributed by atoms with Gasteiger partial charge in [-0.1, -0.05) is 36.8 Å². The van der Waals surface area contributed by atoms with Crippen LogP contribution in [0, 0.1) is 6.92 Å². The lowest BCUT2D eigenvalue weighted by Gasteiger charge is -2.19. The second-order valence-electron chi connectivity index (χ2n) is 4.61. The van der Waals surface area contributed by atoms with E-state index in [4.69, 9.17) is 10.5 Å². The molecule has 0 bridgehead atoms. The number of amides is 1. The zero-order valence-corrected chi connectivity index (χ0v) is 12.2. The summed E-state index contributed by atoms with van der Waals surface area (Å²) < 4.78 is 4.74. The molecule has 0 aliphatic rings. The van der Waals surface area contributed by atoms with Crippen molar-refractivity contribution in [3.63, 3.8) is 0 Å². The van der Waals surface area contributed by atoms with Gasteiger partial charge >= 0.3 is 5.97 Å². The van der Waals surface area contributed by atoms with Crippen molar-refractivity contribution in [2.75, 3.05) is 6.61 Å². The summed E-state index contributed by atoms with van der Waals surface area (Å²) in [7, 11) is 0. The third-order valence-corrected chi connectivity index (χ3v) is 3.03. The van der Waals surface area contributed by atoms with Crippen molar-refractivity contribution in [1.82, 2.24) is 5.32 Å². The number of nitrogens with one attached hydrogen (secondary N) is 1. The second kappa shape index (κ2) is 7.65. The lowest BCUT2D eigenvalue weighted by Crippen LogP contribution is -2.47. The maximum absolute atomic E-state index is 11.9. The van der Waals surface area contributed by atoms with Crippen LogP contribution in [0.15, 0.2) is 24.3 Å². The normalized spacial score (nSPS) is 13.4. The molecule has 5 heteroatoms. The molecule has 3 N–H and O–H groups in total. The van der Waals surface area contributed by atoms with E-state index in [9.17, 15) is 9.59 Å². The first-order valence-electron chi connectivity index (χ1n) is 6.78. The average molecular weight is 278 g/mol. The number of carbonyl (C=O) groups is 2. The molecule has 0 aliphatic heterocycles. The molecule has 0 spiro atoms. The van der Waals surface area contributed by atoms with Crippen molar-refractivity contribution in [2.24, 2.45) is 5.73 Å². The van der Waals surface area contributed by atoms with Gasteiger partial charge in [-0.15, -0.1) is 0 Å². The van der Waals surface area contributed by atoms with E-state index in [2.05, 4.69) is 5.32 Å². The molecule has 1 amide bonds. The smallest absolute Gasteiger partial charge is 0.332 e. The van der Waals surface area contributed by atoms with Crippen molar-refractivity contribution in [2.45, 2.75) is 39.3 Å². The summed E-state index contributed by atoms with van der Waals surface area (Å²) in [5.41, 5.74) is 7.70. The molecule has 0 radical (unpaired) electrons. The van der Waals surface area contributed by atoms with Crippen molar-refractivity contribution in [3.8, 4) is 0 Å². The molecule has 1 rings (SSSR count). The molecule has 0 aromatic heterocycles. The number of rotatable bonds is 6. The summed E-state index contributed by atoms with van der Waals surface area (Å²) in [6.45, 7) is 5.83. The number of nitrogens with two attached hydrogens (primary N) is 1. The fourth-order valence-electron chi connectivity index (χ4n) is 1.82. The van der Waals surface area contributed by atoms with Gasteiger partial charge in [0.2, 0.25) is 5.91 Å². The van der Waals surface area contributed by atoms with Gasteiger partial charge in [-0.25, -0.2) is 4.79 Å². The van der Waals surface area contributed by atoms with Crippen LogP contribution in [-0.4, -0.2) is 24.5 Å². The van der Waals surface area contributed by atoms with Crippen molar-refractivity contribution < 1.29 is 14.3 Å². The van der Waals surface area contributed by atoms with Gasteiger partial charge in [-0.2, -0.15) is 0 Å². The van der Waals surface area contributed by atoms with Crippen LogP contribution in [0.3, 0.4) is 0 Å². The standard InChI is InChI=1S/C15H22N2O3/c1-4-12(11-8-6-10(3)7-9-11)17-14(18)13(16)15(19)20-5-2/h6-9,12-13H,4-5,16H2,1-3H3,(H,17,18). The minimum atomic E-state index is -1.28. The number of ether oxygens (including phenoxy) is 1. The number of esters is 1. The summed E-state index contributed by atoms with van der Waals surface area (Å²) in [6.07, 6.45) is 0.713. The van der Waals surface area contributed by atoms with Crippen LogP contribution < -0.4 is 11.1 Å². The zero-order valence-electron chi connectivity index (χ0n) is 12.2. The molecule has 5 nitrogen and oxygen atoms in total. The number of benzene rings is 1. The Kier molecular flexibility index (Phi) is 6.18. The molecule has 2 unspecified atom stereocenters. The molecule has 110 valence electrons. The Hall–Kier alpha value is -1.88. The van der Waals surface area contributed by atoms with Gasteiger partial charge in [0.25, 0.3) is 0 Å². The minimum absolute atomic E-state index is 0.163. The molecule has 0 saturated heterocycles. The first-order valence-corrected chi connectivity index (χ1v) is 6.78. The lowest BCUT2D eigenvalue weighted by atomic mass is 10.0. The van der Waals surface area contributed by atoms with Gasteiger partial charge in [-0.05, 0) is 25.8 Å². The topological polar surface area (TPSA) is 81.4 Å². The largest absolute Gasteiger partial charge is 0.464 e. The Bertz CT molecular complexity index is 457. The Morgan fingerprint density at radius 3 is 2.35 bits per heavy atom. The molecule has 0 heterocycles. The third kappa shape index (κ3) is 4.35. The Labute approximate surface area is 119 Å². The van der Waals surface area contributed by atoms with Gasteiger partial charge in [-0.3, -0.25) is 4.79 Å². The number of hydrogen-bond donors (Lipinski definition) is 2. The van der Waals surface area contributed by atoms with Crippen LogP contribution in [0.2, 0.25) is 0 Å². The molecule has 1 aromatic carbocycles. The molecular formula is C15H22N2O3. The molecular weight excluding hydrogens is 256 g/mol.